The van der Waals surface area contributed by atoms with Crippen LogP contribution in [0.3, 0.4) is 0 Å². The second-order valence-corrected chi connectivity index (χ2v) is 6.55. The summed E-state index contributed by atoms with van der Waals surface area (Å²) >= 11 is 0. The number of hydrogen-bond acceptors (Lipinski definition) is 5. The van der Waals surface area contributed by atoms with E-state index < -0.39 is 12.1 Å². The number of fused-ring (bicyclic) bond motifs is 1. The fraction of sp³-hybridized carbons (Fsp3) is 0.250. The van der Waals surface area contributed by atoms with Gasteiger partial charge in [-0.15, -0.1) is 0 Å². The summed E-state index contributed by atoms with van der Waals surface area (Å²) in [6, 6.07) is 12.0. The number of hydrogen-bond donors (Lipinski definition) is 3. The Labute approximate surface area is 174 Å². The van der Waals surface area contributed by atoms with Gasteiger partial charge in [-0.25, -0.2) is 14.6 Å². The van der Waals surface area contributed by atoms with Crippen molar-refractivity contribution in [1.82, 2.24) is 15.3 Å². The first-order valence-corrected chi connectivity index (χ1v) is 9.21. The number of amides is 1. The second kappa shape index (κ2) is 9.47. The molecule has 3 aromatic rings. The van der Waals surface area contributed by atoms with Gasteiger partial charge in [0.2, 0.25) is 0 Å². The molecule has 0 aliphatic carbocycles. The Hall–Kier alpha value is -3.60. The van der Waals surface area contributed by atoms with Crippen LogP contribution in [0.4, 0.5) is 23.7 Å². The van der Waals surface area contributed by atoms with E-state index >= 15 is 0 Å². The SMILES string of the molecule is O=C(O)C(F)(F)F.O=C1OCCN1c1cccc(CNCc2ccnc3[nH]ccc23)c1. The first-order chi connectivity index (χ1) is 14.8. The van der Waals surface area contributed by atoms with Gasteiger partial charge in [0, 0.05) is 36.6 Å². The highest BCUT2D eigenvalue weighted by Crippen LogP contribution is 2.20. The minimum Gasteiger partial charge on any atom is -0.475 e. The van der Waals surface area contributed by atoms with Gasteiger partial charge in [-0.3, -0.25) is 4.90 Å². The lowest BCUT2D eigenvalue weighted by molar-refractivity contribution is -0.192. The van der Waals surface area contributed by atoms with E-state index in [-0.39, 0.29) is 6.09 Å². The van der Waals surface area contributed by atoms with Gasteiger partial charge in [0.05, 0.1) is 6.54 Å². The van der Waals surface area contributed by atoms with Gasteiger partial charge >= 0.3 is 18.2 Å². The second-order valence-electron chi connectivity index (χ2n) is 6.55. The van der Waals surface area contributed by atoms with E-state index in [1.807, 2.05) is 42.7 Å². The molecule has 1 aliphatic rings. The number of rotatable bonds is 5. The lowest BCUT2D eigenvalue weighted by atomic mass is 10.1. The van der Waals surface area contributed by atoms with Crippen LogP contribution in [-0.2, 0) is 22.6 Å². The van der Waals surface area contributed by atoms with Crippen molar-refractivity contribution in [2.45, 2.75) is 19.3 Å². The Morgan fingerprint density at radius 2 is 2.03 bits per heavy atom. The zero-order valence-electron chi connectivity index (χ0n) is 16.1. The molecule has 0 radical (unpaired) electrons. The number of anilines is 1. The van der Waals surface area contributed by atoms with Gasteiger partial charge in [-0.2, -0.15) is 13.2 Å². The van der Waals surface area contributed by atoms with Crippen molar-refractivity contribution < 1.29 is 32.6 Å². The van der Waals surface area contributed by atoms with Crippen molar-refractivity contribution in [2.24, 2.45) is 0 Å². The first-order valence-electron chi connectivity index (χ1n) is 9.21. The summed E-state index contributed by atoms with van der Waals surface area (Å²) in [5, 5.41) is 11.7. The number of alkyl halides is 3. The summed E-state index contributed by atoms with van der Waals surface area (Å²) in [4.78, 5) is 29.6. The maximum atomic E-state index is 11.7. The molecule has 2 aromatic heterocycles. The molecular weight excluding hydrogens is 417 g/mol. The maximum Gasteiger partial charge on any atom is 0.490 e. The third-order valence-electron chi connectivity index (χ3n) is 4.42. The molecule has 0 unspecified atom stereocenters. The molecule has 164 valence electrons. The number of carbonyl (C=O) groups excluding carboxylic acids is 1. The molecule has 3 heterocycles. The highest BCUT2D eigenvalue weighted by atomic mass is 19.4. The van der Waals surface area contributed by atoms with E-state index in [1.165, 1.54) is 5.56 Å². The minimum atomic E-state index is -5.08. The summed E-state index contributed by atoms with van der Waals surface area (Å²) in [5.41, 5.74) is 4.13. The number of aromatic nitrogens is 2. The quantitative estimate of drug-likeness (QED) is 0.566. The third kappa shape index (κ3) is 5.72. The maximum absolute atomic E-state index is 11.7. The van der Waals surface area contributed by atoms with E-state index in [9.17, 15) is 18.0 Å². The molecule has 1 saturated heterocycles. The van der Waals surface area contributed by atoms with E-state index in [1.54, 1.807) is 4.90 Å². The molecule has 3 N–H and O–H groups in total. The predicted octanol–water partition coefficient (Wildman–Crippen LogP) is 3.44. The van der Waals surface area contributed by atoms with Crippen LogP contribution in [0.2, 0.25) is 0 Å². The molecule has 0 atom stereocenters. The normalized spacial score (nSPS) is 13.6. The molecule has 11 heteroatoms. The number of carboxylic acids is 1. The number of aromatic amines is 1. The van der Waals surface area contributed by atoms with Crippen molar-refractivity contribution >= 4 is 28.8 Å². The third-order valence-corrected chi connectivity index (χ3v) is 4.42. The van der Waals surface area contributed by atoms with Crippen molar-refractivity contribution in [2.75, 3.05) is 18.1 Å². The van der Waals surface area contributed by atoms with Crippen molar-refractivity contribution in [3.8, 4) is 0 Å². The number of nitrogens with one attached hydrogen (secondary N) is 2. The van der Waals surface area contributed by atoms with E-state index in [0.717, 1.165) is 35.4 Å². The molecular formula is C20H19F3N4O4. The molecule has 0 bridgehead atoms. The fourth-order valence-corrected chi connectivity index (χ4v) is 2.98. The van der Waals surface area contributed by atoms with Gasteiger partial charge in [-0.1, -0.05) is 12.1 Å². The Morgan fingerprint density at radius 3 is 2.71 bits per heavy atom. The van der Waals surface area contributed by atoms with Crippen LogP contribution in [0.1, 0.15) is 11.1 Å². The fourth-order valence-electron chi connectivity index (χ4n) is 2.98. The highest BCUT2D eigenvalue weighted by molar-refractivity contribution is 5.89. The largest absolute Gasteiger partial charge is 0.490 e. The number of carboxylic acid groups (broad SMARTS) is 1. The number of halogens is 3. The molecule has 31 heavy (non-hydrogen) atoms. The van der Waals surface area contributed by atoms with Gasteiger partial charge < -0.3 is 20.1 Å². The van der Waals surface area contributed by atoms with Crippen molar-refractivity contribution in [3.63, 3.8) is 0 Å². The predicted molar refractivity (Wildman–Crippen MR) is 105 cm³/mol. The lowest BCUT2D eigenvalue weighted by Crippen LogP contribution is -2.23. The molecule has 1 aliphatic heterocycles. The Bertz CT molecular complexity index is 1070. The summed E-state index contributed by atoms with van der Waals surface area (Å²) in [7, 11) is 0. The van der Waals surface area contributed by atoms with Gasteiger partial charge in [0.25, 0.3) is 0 Å². The number of cyclic esters (lactones) is 1. The Balaban J connectivity index is 0.000000339. The molecule has 1 aromatic carbocycles. The smallest absolute Gasteiger partial charge is 0.475 e. The first kappa shape index (κ1) is 22.1. The lowest BCUT2D eigenvalue weighted by Gasteiger charge is -2.14. The zero-order valence-corrected chi connectivity index (χ0v) is 16.1. The molecule has 1 amide bonds. The van der Waals surface area contributed by atoms with E-state index in [2.05, 4.69) is 21.4 Å². The van der Waals surface area contributed by atoms with Crippen LogP contribution >= 0.6 is 0 Å². The topological polar surface area (TPSA) is 108 Å². The summed E-state index contributed by atoms with van der Waals surface area (Å²) in [5.74, 6) is -2.76. The average molecular weight is 436 g/mol. The van der Waals surface area contributed by atoms with Crippen LogP contribution in [-0.4, -0.2) is 46.5 Å². The average Bonchev–Trinajstić information content (AvgIpc) is 3.37. The zero-order chi connectivity index (χ0) is 22.4. The van der Waals surface area contributed by atoms with Crippen LogP contribution < -0.4 is 10.2 Å². The number of benzene rings is 1. The van der Waals surface area contributed by atoms with E-state index in [4.69, 9.17) is 14.6 Å². The van der Waals surface area contributed by atoms with Crippen LogP contribution in [0, 0.1) is 0 Å². The monoisotopic (exact) mass is 436 g/mol. The number of ether oxygens (including phenoxy) is 1. The van der Waals surface area contributed by atoms with Crippen LogP contribution in [0.25, 0.3) is 11.0 Å². The number of carbonyl (C=O) groups is 2. The Kier molecular flexibility index (Phi) is 6.75. The summed E-state index contributed by atoms with van der Waals surface area (Å²) < 4.78 is 36.7. The molecule has 0 spiro atoms. The summed E-state index contributed by atoms with van der Waals surface area (Å²) in [6.07, 6.45) is -1.64. The van der Waals surface area contributed by atoms with Crippen molar-refractivity contribution in [3.05, 3.63) is 59.9 Å². The minimum absolute atomic E-state index is 0.272. The summed E-state index contributed by atoms with van der Waals surface area (Å²) in [6.45, 7) is 2.55. The number of aliphatic carboxylic acids is 1. The molecule has 1 fully saturated rings. The number of pyridine rings is 1. The standard InChI is InChI=1S/C18H18N4O2.C2HF3O2/c23-18-22(8-9-24-18)15-3-1-2-13(10-15)11-19-12-14-4-6-20-17-16(14)5-7-21-17;3-2(4,5)1(6)7/h1-7,10,19H,8-9,11-12H2,(H,20,21);(H,6,7). The van der Waals surface area contributed by atoms with E-state index in [0.29, 0.717) is 13.2 Å². The Morgan fingerprint density at radius 1 is 1.26 bits per heavy atom. The van der Waals surface area contributed by atoms with Crippen LogP contribution in [0.5, 0.6) is 0 Å². The van der Waals surface area contributed by atoms with Crippen molar-refractivity contribution in [1.29, 1.82) is 0 Å². The number of H-pyrrole nitrogens is 1. The number of nitrogens with zero attached hydrogens (tertiary/aromatic N) is 2. The van der Waals surface area contributed by atoms with Gasteiger partial charge in [-0.05, 0) is 35.4 Å². The van der Waals surface area contributed by atoms with Crippen LogP contribution in [0.15, 0.2) is 48.8 Å². The highest BCUT2D eigenvalue weighted by Gasteiger charge is 2.38. The molecule has 4 rings (SSSR count). The van der Waals surface area contributed by atoms with Gasteiger partial charge in [0.15, 0.2) is 0 Å². The van der Waals surface area contributed by atoms with Gasteiger partial charge in [0.1, 0.15) is 12.3 Å². The molecule has 8 nitrogen and oxygen atoms in total. The molecule has 0 saturated carbocycles.